The first-order valence-corrected chi connectivity index (χ1v) is 14.0. The number of hydrogen-bond donors (Lipinski definition) is 0. The molecule has 0 saturated carbocycles. The van der Waals surface area contributed by atoms with Crippen molar-refractivity contribution in [2.75, 3.05) is 13.1 Å². The molecular formula is C34H32ClFN2O. The van der Waals surface area contributed by atoms with E-state index >= 15 is 0 Å². The minimum absolute atomic E-state index is 0.00191. The molecule has 1 unspecified atom stereocenters. The van der Waals surface area contributed by atoms with Crippen molar-refractivity contribution in [3.05, 3.63) is 141 Å². The van der Waals surface area contributed by atoms with Gasteiger partial charge in [0.15, 0.2) is 0 Å². The predicted octanol–water partition coefficient (Wildman–Crippen LogP) is 6.93. The van der Waals surface area contributed by atoms with Crippen LogP contribution in [-0.2, 0) is 30.6 Å². The quantitative estimate of drug-likeness (QED) is 0.266. The predicted molar refractivity (Wildman–Crippen MR) is 154 cm³/mol. The van der Waals surface area contributed by atoms with Crippen molar-refractivity contribution in [3.8, 4) is 0 Å². The van der Waals surface area contributed by atoms with Crippen molar-refractivity contribution >= 4 is 17.5 Å². The molecule has 6 rings (SSSR count). The highest BCUT2D eigenvalue weighted by Crippen LogP contribution is 2.38. The van der Waals surface area contributed by atoms with E-state index in [0.717, 1.165) is 42.0 Å². The Morgan fingerprint density at radius 2 is 1.51 bits per heavy atom. The Labute approximate surface area is 234 Å². The van der Waals surface area contributed by atoms with Crippen molar-refractivity contribution in [2.24, 2.45) is 0 Å². The molecule has 3 nitrogen and oxygen atoms in total. The summed E-state index contributed by atoms with van der Waals surface area (Å²) >= 11 is 6.57. The van der Waals surface area contributed by atoms with Gasteiger partial charge < -0.3 is 4.90 Å². The first kappa shape index (κ1) is 25.8. The summed E-state index contributed by atoms with van der Waals surface area (Å²) in [5.74, 6) is -0.245. The van der Waals surface area contributed by atoms with Gasteiger partial charge >= 0.3 is 0 Å². The van der Waals surface area contributed by atoms with E-state index in [2.05, 4.69) is 54.3 Å². The molecule has 0 saturated heterocycles. The van der Waals surface area contributed by atoms with E-state index in [1.54, 1.807) is 12.1 Å². The molecule has 1 heterocycles. The summed E-state index contributed by atoms with van der Waals surface area (Å²) < 4.78 is 14.8. The molecule has 1 aliphatic heterocycles. The topological polar surface area (TPSA) is 23.6 Å². The third-order valence-electron chi connectivity index (χ3n) is 8.41. The molecule has 5 heteroatoms. The standard InChI is InChI=1S/C34H32ClFN2O/c1-23-29(14-8-15-31(23)35)34-30-13-6-4-9-24(30)17-18-37(34)22-33(39)38(21-27-12-5-7-16-32(27)36)28-19-25-10-2-3-11-26(25)20-28/h2-16,28,34H,17-22H2,1H3. The minimum atomic E-state index is -0.273. The normalized spacial score (nSPS) is 17.1. The zero-order chi connectivity index (χ0) is 26.9. The van der Waals surface area contributed by atoms with Gasteiger partial charge in [-0.3, -0.25) is 9.69 Å². The average Bonchev–Trinajstić information content (AvgIpc) is 3.38. The number of halogens is 2. The van der Waals surface area contributed by atoms with Crippen molar-refractivity contribution in [1.29, 1.82) is 0 Å². The van der Waals surface area contributed by atoms with Crippen molar-refractivity contribution in [1.82, 2.24) is 9.80 Å². The third kappa shape index (κ3) is 5.11. The second-order valence-corrected chi connectivity index (χ2v) is 11.1. The van der Waals surface area contributed by atoms with Gasteiger partial charge in [-0.15, -0.1) is 0 Å². The van der Waals surface area contributed by atoms with Crippen LogP contribution >= 0.6 is 11.6 Å². The maximum absolute atomic E-state index is 14.8. The highest BCUT2D eigenvalue weighted by molar-refractivity contribution is 6.31. The molecule has 1 aliphatic carbocycles. The van der Waals surface area contributed by atoms with Gasteiger partial charge in [0.25, 0.3) is 0 Å². The number of carbonyl (C=O) groups is 1. The molecule has 0 bridgehead atoms. The summed E-state index contributed by atoms with van der Waals surface area (Å²) in [6, 6.07) is 29.6. The van der Waals surface area contributed by atoms with Crippen LogP contribution < -0.4 is 0 Å². The number of hydrogen-bond acceptors (Lipinski definition) is 2. The van der Waals surface area contributed by atoms with E-state index in [-0.39, 0.29) is 36.9 Å². The molecule has 4 aromatic carbocycles. The van der Waals surface area contributed by atoms with Crippen molar-refractivity contribution < 1.29 is 9.18 Å². The van der Waals surface area contributed by atoms with Crippen LogP contribution in [0, 0.1) is 12.7 Å². The highest BCUT2D eigenvalue weighted by atomic mass is 35.5. The lowest BCUT2D eigenvalue weighted by Crippen LogP contribution is -2.48. The zero-order valence-electron chi connectivity index (χ0n) is 22.1. The van der Waals surface area contributed by atoms with Crippen LogP contribution in [0.5, 0.6) is 0 Å². The molecule has 39 heavy (non-hydrogen) atoms. The maximum Gasteiger partial charge on any atom is 0.237 e. The Morgan fingerprint density at radius 3 is 2.26 bits per heavy atom. The lowest BCUT2D eigenvalue weighted by molar-refractivity contribution is -0.136. The van der Waals surface area contributed by atoms with Gasteiger partial charge in [-0.25, -0.2) is 4.39 Å². The van der Waals surface area contributed by atoms with Gasteiger partial charge in [-0.1, -0.05) is 90.5 Å². The number of amides is 1. The van der Waals surface area contributed by atoms with Crippen LogP contribution in [0.1, 0.15) is 45.0 Å². The van der Waals surface area contributed by atoms with Crippen LogP contribution in [0.25, 0.3) is 0 Å². The number of fused-ring (bicyclic) bond motifs is 2. The molecule has 1 atom stereocenters. The van der Waals surface area contributed by atoms with Gasteiger partial charge in [0.2, 0.25) is 5.91 Å². The minimum Gasteiger partial charge on any atom is -0.333 e. The molecule has 0 N–H and O–H groups in total. The number of nitrogens with zero attached hydrogens (tertiary/aromatic N) is 2. The Kier molecular flexibility index (Phi) is 7.24. The molecule has 4 aromatic rings. The molecule has 0 radical (unpaired) electrons. The van der Waals surface area contributed by atoms with E-state index in [9.17, 15) is 9.18 Å². The summed E-state index contributed by atoms with van der Waals surface area (Å²) in [6.45, 7) is 3.33. The Bertz CT molecular complexity index is 1490. The number of carbonyl (C=O) groups excluding carboxylic acids is 1. The lowest BCUT2D eigenvalue weighted by Gasteiger charge is -2.40. The van der Waals surface area contributed by atoms with E-state index in [0.29, 0.717) is 5.56 Å². The van der Waals surface area contributed by atoms with E-state index in [1.807, 2.05) is 35.2 Å². The third-order valence-corrected chi connectivity index (χ3v) is 8.82. The summed E-state index contributed by atoms with van der Waals surface area (Å²) in [5.41, 5.74) is 7.77. The second kappa shape index (κ2) is 11.0. The van der Waals surface area contributed by atoms with Crippen molar-refractivity contribution in [3.63, 3.8) is 0 Å². The summed E-state index contributed by atoms with van der Waals surface area (Å²) in [5, 5.41) is 0.728. The van der Waals surface area contributed by atoms with Crippen LogP contribution in [0.3, 0.4) is 0 Å². The van der Waals surface area contributed by atoms with E-state index in [1.165, 1.54) is 28.3 Å². The van der Waals surface area contributed by atoms with Crippen LogP contribution in [-0.4, -0.2) is 34.8 Å². The fourth-order valence-corrected chi connectivity index (χ4v) is 6.51. The summed E-state index contributed by atoms with van der Waals surface area (Å²) in [6.07, 6.45) is 2.45. The zero-order valence-corrected chi connectivity index (χ0v) is 22.9. The molecule has 0 aromatic heterocycles. The number of benzene rings is 4. The fourth-order valence-electron chi connectivity index (χ4n) is 6.33. The Hall–Kier alpha value is -3.47. The fraction of sp³-hybridized carbons (Fsp3) is 0.265. The molecule has 1 amide bonds. The van der Waals surface area contributed by atoms with Crippen molar-refractivity contribution in [2.45, 2.75) is 44.8 Å². The lowest BCUT2D eigenvalue weighted by atomic mass is 9.86. The first-order chi connectivity index (χ1) is 19.0. The Morgan fingerprint density at radius 1 is 0.872 bits per heavy atom. The van der Waals surface area contributed by atoms with Gasteiger partial charge in [-0.05, 0) is 71.7 Å². The highest BCUT2D eigenvalue weighted by Gasteiger charge is 2.35. The van der Waals surface area contributed by atoms with E-state index < -0.39 is 0 Å². The van der Waals surface area contributed by atoms with Gasteiger partial charge in [-0.2, -0.15) is 0 Å². The van der Waals surface area contributed by atoms with Gasteiger partial charge in [0.1, 0.15) is 5.82 Å². The SMILES string of the molecule is Cc1c(Cl)cccc1C1c2ccccc2CCN1CC(=O)N(Cc1ccccc1F)C1Cc2ccccc2C1. The first-order valence-electron chi connectivity index (χ1n) is 13.7. The maximum atomic E-state index is 14.8. The average molecular weight is 539 g/mol. The van der Waals surface area contributed by atoms with Gasteiger partial charge in [0, 0.05) is 29.7 Å². The molecule has 0 fully saturated rings. The Balaban J connectivity index is 1.34. The molecule has 0 spiro atoms. The summed E-state index contributed by atoms with van der Waals surface area (Å²) in [4.78, 5) is 18.4. The second-order valence-electron chi connectivity index (χ2n) is 10.7. The molecule has 198 valence electrons. The summed E-state index contributed by atoms with van der Waals surface area (Å²) in [7, 11) is 0. The van der Waals surface area contributed by atoms with Crippen LogP contribution in [0.4, 0.5) is 4.39 Å². The van der Waals surface area contributed by atoms with Crippen LogP contribution in [0.2, 0.25) is 5.02 Å². The largest absolute Gasteiger partial charge is 0.333 e. The smallest absolute Gasteiger partial charge is 0.237 e. The monoisotopic (exact) mass is 538 g/mol. The molecular weight excluding hydrogens is 507 g/mol. The van der Waals surface area contributed by atoms with E-state index in [4.69, 9.17) is 11.6 Å². The van der Waals surface area contributed by atoms with Gasteiger partial charge in [0.05, 0.1) is 12.6 Å². The number of rotatable bonds is 6. The van der Waals surface area contributed by atoms with Crippen LogP contribution in [0.15, 0.2) is 91.0 Å². The molecule has 2 aliphatic rings.